The number of amides is 1. The fourth-order valence-corrected chi connectivity index (χ4v) is 5.34. The number of thiophene rings is 1. The van der Waals surface area contributed by atoms with Gasteiger partial charge in [-0.2, -0.15) is 11.3 Å². The molecule has 1 aliphatic rings. The summed E-state index contributed by atoms with van der Waals surface area (Å²) in [6.07, 6.45) is 0. The van der Waals surface area contributed by atoms with Gasteiger partial charge in [0.1, 0.15) is 10.7 Å². The number of carbonyl (C=O) groups is 1. The second kappa shape index (κ2) is 8.06. The number of rotatable bonds is 4. The van der Waals surface area contributed by atoms with E-state index in [1.54, 1.807) is 22.7 Å². The second-order valence-corrected chi connectivity index (χ2v) is 8.89. The van der Waals surface area contributed by atoms with E-state index in [0.717, 1.165) is 43.3 Å². The van der Waals surface area contributed by atoms with Crippen LogP contribution in [-0.4, -0.2) is 46.9 Å². The van der Waals surface area contributed by atoms with Crippen molar-refractivity contribution >= 4 is 39.4 Å². The van der Waals surface area contributed by atoms with E-state index in [0.29, 0.717) is 5.69 Å². The van der Waals surface area contributed by atoms with E-state index in [4.69, 9.17) is 0 Å². The number of thiazole rings is 1. The van der Waals surface area contributed by atoms with Gasteiger partial charge in [-0.1, -0.05) is 42.5 Å². The third-order valence-corrected chi connectivity index (χ3v) is 7.00. The molecule has 3 heterocycles. The third-order valence-electron chi connectivity index (χ3n) is 5.42. The number of aromatic nitrogens is 1. The highest BCUT2D eigenvalue weighted by atomic mass is 32.1. The van der Waals surface area contributed by atoms with Crippen LogP contribution in [0.2, 0.25) is 0 Å². The maximum absolute atomic E-state index is 12.9. The number of fused-ring (bicyclic) bond motifs is 1. The van der Waals surface area contributed by atoms with Crippen LogP contribution in [0.1, 0.15) is 16.1 Å². The maximum atomic E-state index is 12.9. The van der Waals surface area contributed by atoms with Gasteiger partial charge in [0.15, 0.2) is 0 Å². The zero-order chi connectivity index (χ0) is 19.6. The Morgan fingerprint density at radius 3 is 2.62 bits per heavy atom. The molecular formula is C23H21N3OS2. The molecule has 4 aromatic rings. The standard InChI is InChI=1S/C23H21N3OS2/c27-23(21-16-29-22(24-21)19-8-13-28-15-19)26-11-9-25(10-12-26)14-18-6-3-5-17-4-1-2-7-20(17)18/h1-8,13,15-16H,9-12,14H2. The molecule has 0 unspecified atom stereocenters. The number of nitrogens with zero attached hydrogens (tertiary/aromatic N) is 3. The van der Waals surface area contributed by atoms with E-state index in [2.05, 4.69) is 57.7 Å². The zero-order valence-electron chi connectivity index (χ0n) is 16.0. The first-order chi connectivity index (χ1) is 14.3. The average Bonchev–Trinajstić information content (AvgIpc) is 3.46. The van der Waals surface area contributed by atoms with Crippen molar-refractivity contribution in [3.63, 3.8) is 0 Å². The molecule has 5 rings (SSSR count). The summed E-state index contributed by atoms with van der Waals surface area (Å²) in [5.41, 5.74) is 3.01. The molecule has 0 spiro atoms. The Morgan fingerprint density at radius 1 is 0.966 bits per heavy atom. The normalized spacial score (nSPS) is 15.1. The predicted molar refractivity (Wildman–Crippen MR) is 121 cm³/mol. The lowest BCUT2D eigenvalue weighted by Crippen LogP contribution is -2.48. The lowest BCUT2D eigenvalue weighted by Gasteiger charge is -2.34. The summed E-state index contributed by atoms with van der Waals surface area (Å²) in [5, 5.41) is 9.51. The highest BCUT2D eigenvalue weighted by Crippen LogP contribution is 2.26. The Bertz CT molecular complexity index is 1120. The number of carbonyl (C=O) groups excluding carboxylic acids is 1. The molecular weight excluding hydrogens is 398 g/mol. The third kappa shape index (κ3) is 3.83. The smallest absolute Gasteiger partial charge is 0.273 e. The Labute approximate surface area is 178 Å². The summed E-state index contributed by atoms with van der Waals surface area (Å²) in [6, 6.07) is 17.1. The zero-order valence-corrected chi connectivity index (χ0v) is 17.6. The van der Waals surface area contributed by atoms with Crippen LogP contribution >= 0.6 is 22.7 Å². The first-order valence-electron chi connectivity index (χ1n) is 9.74. The number of piperazine rings is 1. The molecule has 0 atom stereocenters. The van der Waals surface area contributed by atoms with Crippen molar-refractivity contribution in [1.82, 2.24) is 14.8 Å². The Kier molecular flexibility index (Phi) is 5.14. The van der Waals surface area contributed by atoms with Crippen molar-refractivity contribution in [2.45, 2.75) is 6.54 Å². The van der Waals surface area contributed by atoms with Gasteiger partial charge in [0.25, 0.3) is 5.91 Å². The summed E-state index contributed by atoms with van der Waals surface area (Å²) < 4.78 is 0. The van der Waals surface area contributed by atoms with Crippen LogP contribution in [0, 0.1) is 0 Å². The van der Waals surface area contributed by atoms with Crippen LogP contribution in [0.15, 0.2) is 64.7 Å². The molecule has 1 saturated heterocycles. The van der Waals surface area contributed by atoms with Crippen molar-refractivity contribution in [2.75, 3.05) is 26.2 Å². The number of hydrogen-bond donors (Lipinski definition) is 0. The van der Waals surface area contributed by atoms with Gasteiger partial charge < -0.3 is 4.90 Å². The van der Waals surface area contributed by atoms with Gasteiger partial charge in [-0.3, -0.25) is 9.69 Å². The monoisotopic (exact) mass is 419 g/mol. The van der Waals surface area contributed by atoms with Crippen LogP contribution in [-0.2, 0) is 6.54 Å². The van der Waals surface area contributed by atoms with Crippen molar-refractivity contribution in [3.05, 3.63) is 75.9 Å². The first-order valence-corrected chi connectivity index (χ1v) is 11.6. The topological polar surface area (TPSA) is 36.4 Å². The minimum absolute atomic E-state index is 0.0486. The largest absolute Gasteiger partial charge is 0.335 e. The lowest BCUT2D eigenvalue weighted by molar-refractivity contribution is 0.0624. The fraction of sp³-hybridized carbons (Fsp3) is 0.217. The molecule has 2 aromatic heterocycles. The van der Waals surface area contributed by atoms with Crippen LogP contribution in [0.5, 0.6) is 0 Å². The molecule has 4 nitrogen and oxygen atoms in total. The summed E-state index contributed by atoms with van der Waals surface area (Å²) in [4.78, 5) is 21.8. The summed E-state index contributed by atoms with van der Waals surface area (Å²) >= 11 is 3.19. The van der Waals surface area contributed by atoms with Crippen LogP contribution < -0.4 is 0 Å². The second-order valence-electron chi connectivity index (χ2n) is 7.26. The van der Waals surface area contributed by atoms with Crippen LogP contribution in [0.3, 0.4) is 0 Å². The Balaban J connectivity index is 1.23. The predicted octanol–water partition coefficient (Wildman–Crippen LogP) is 4.98. The minimum atomic E-state index is 0.0486. The Morgan fingerprint density at radius 2 is 1.79 bits per heavy atom. The van der Waals surface area contributed by atoms with Crippen LogP contribution in [0.4, 0.5) is 0 Å². The van der Waals surface area contributed by atoms with E-state index in [-0.39, 0.29) is 5.91 Å². The van der Waals surface area contributed by atoms with Gasteiger partial charge in [0.05, 0.1) is 0 Å². The minimum Gasteiger partial charge on any atom is -0.335 e. The van der Waals surface area contributed by atoms with Crippen molar-refractivity contribution in [1.29, 1.82) is 0 Å². The van der Waals surface area contributed by atoms with Crippen LogP contribution in [0.25, 0.3) is 21.3 Å². The molecule has 0 N–H and O–H groups in total. The average molecular weight is 420 g/mol. The van der Waals surface area contributed by atoms with Crippen molar-refractivity contribution in [2.24, 2.45) is 0 Å². The van der Waals surface area contributed by atoms with E-state index >= 15 is 0 Å². The van der Waals surface area contributed by atoms with Gasteiger partial charge >= 0.3 is 0 Å². The van der Waals surface area contributed by atoms with Gasteiger partial charge in [-0.25, -0.2) is 4.98 Å². The van der Waals surface area contributed by atoms with E-state index < -0.39 is 0 Å². The molecule has 0 radical (unpaired) electrons. The molecule has 146 valence electrons. The molecule has 0 bridgehead atoms. The van der Waals surface area contributed by atoms with E-state index in [1.165, 1.54) is 16.3 Å². The van der Waals surface area contributed by atoms with E-state index in [1.807, 2.05) is 21.7 Å². The molecule has 0 saturated carbocycles. The maximum Gasteiger partial charge on any atom is 0.273 e. The molecule has 29 heavy (non-hydrogen) atoms. The SMILES string of the molecule is O=C(c1csc(-c2ccsc2)n1)N1CCN(Cc2cccc3ccccc23)CC1. The molecule has 0 aliphatic carbocycles. The van der Waals surface area contributed by atoms with E-state index in [9.17, 15) is 4.79 Å². The highest BCUT2D eigenvalue weighted by Gasteiger charge is 2.24. The number of benzene rings is 2. The summed E-state index contributed by atoms with van der Waals surface area (Å²) in [7, 11) is 0. The molecule has 1 fully saturated rings. The Hall–Kier alpha value is -2.54. The van der Waals surface area contributed by atoms with Gasteiger partial charge in [-0.15, -0.1) is 11.3 Å². The summed E-state index contributed by atoms with van der Waals surface area (Å²) in [6.45, 7) is 4.18. The highest BCUT2D eigenvalue weighted by molar-refractivity contribution is 7.14. The quantitative estimate of drug-likeness (QED) is 0.468. The molecule has 1 aliphatic heterocycles. The van der Waals surface area contributed by atoms with Crippen molar-refractivity contribution < 1.29 is 4.79 Å². The fourth-order valence-electron chi connectivity index (χ4n) is 3.83. The molecule has 1 amide bonds. The van der Waals surface area contributed by atoms with Gasteiger partial charge in [0, 0.05) is 49.0 Å². The van der Waals surface area contributed by atoms with Crippen molar-refractivity contribution in [3.8, 4) is 10.6 Å². The van der Waals surface area contributed by atoms with Gasteiger partial charge in [0.2, 0.25) is 0 Å². The molecule has 6 heteroatoms. The first kappa shape index (κ1) is 18.5. The van der Waals surface area contributed by atoms with Gasteiger partial charge in [-0.05, 0) is 27.8 Å². The lowest BCUT2D eigenvalue weighted by atomic mass is 10.0. The number of hydrogen-bond acceptors (Lipinski definition) is 5. The molecule has 2 aromatic carbocycles. The summed E-state index contributed by atoms with van der Waals surface area (Å²) in [5.74, 6) is 0.0486.